The molecule has 1 fully saturated rings. The van der Waals surface area contributed by atoms with Gasteiger partial charge in [-0.2, -0.15) is 9.50 Å². The minimum Gasteiger partial charge on any atom is -0.491 e. The van der Waals surface area contributed by atoms with Gasteiger partial charge >= 0.3 is 0 Å². The number of anilines is 3. The molecule has 1 aromatic carbocycles. The molecule has 6 radical (unpaired) electrons. The Balaban J connectivity index is 1.21. The van der Waals surface area contributed by atoms with E-state index < -0.39 is 5.24 Å². The van der Waals surface area contributed by atoms with Crippen molar-refractivity contribution in [3.05, 3.63) is 42.8 Å². The molecule has 4 heterocycles. The van der Waals surface area contributed by atoms with Crippen LogP contribution in [-0.2, 0) is 4.74 Å². The Bertz CT molecular complexity index is 1360. The maximum atomic E-state index is 6.17. The molecule has 0 atom stereocenters. The number of fused-ring (bicyclic) bond motifs is 1. The van der Waals surface area contributed by atoms with Gasteiger partial charge < -0.3 is 29.4 Å². The van der Waals surface area contributed by atoms with E-state index in [0.717, 1.165) is 37.6 Å². The predicted octanol–water partition coefficient (Wildman–Crippen LogP) is 0.132. The SMILES string of the molecule is [B]C([B])([B])N(CCN1CCN(c2ccc(OCCOC)cc2)CC1)c1cc2nc(-c3ncco3)nn2c(N)n1. The number of piperazine rings is 1. The van der Waals surface area contributed by atoms with Crippen LogP contribution >= 0.6 is 0 Å². The molecule has 2 N–H and O–H groups in total. The van der Waals surface area contributed by atoms with Gasteiger partial charge in [-0.05, 0) is 24.3 Å². The standard InChI is InChI=1S/C24H28B3N9O3/c1-37-14-15-38-18-4-2-17(3-5-18)34-10-7-33(8-11-34)9-12-35(24(25,26)27)19-16-20-30-21(22-29-6-13-39-22)32-36(20)23(28)31-19/h2-6,13,16H,7-12,14-15H2,1H3,(H2,28,31). The Morgan fingerprint density at radius 1 is 1.08 bits per heavy atom. The number of rotatable bonds is 11. The van der Waals surface area contributed by atoms with E-state index in [1.165, 1.54) is 17.0 Å². The fourth-order valence-corrected chi connectivity index (χ4v) is 4.44. The van der Waals surface area contributed by atoms with Crippen molar-refractivity contribution in [2.45, 2.75) is 5.24 Å². The zero-order chi connectivity index (χ0) is 27.4. The summed E-state index contributed by atoms with van der Waals surface area (Å²) in [6.07, 6.45) is 2.95. The van der Waals surface area contributed by atoms with Gasteiger partial charge in [0.25, 0.3) is 5.89 Å². The van der Waals surface area contributed by atoms with Crippen molar-refractivity contribution in [3.63, 3.8) is 0 Å². The molecule has 15 heteroatoms. The number of hydrogen-bond donors (Lipinski definition) is 1. The Labute approximate surface area is 230 Å². The third-order valence-electron chi connectivity index (χ3n) is 6.47. The van der Waals surface area contributed by atoms with Gasteiger partial charge in [0.1, 0.15) is 24.4 Å². The topological polar surface area (TPSA) is 123 Å². The molecule has 1 saturated heterocycles. The van der Waals surface area contributed by atoms with Crippen LogP contribution in [0.1, 0.15) is 0 Å². The van der Waals surface area contributed by atoms with Crippen LogP contribution in [0.3, 0.4) is 0 Å². The summed E-state index contributed by atoms with van der Waals surface area (Å²) in [4.78, 5) is 19.2. The van der Waals surface area contributed by atoms with Crippen molar-refractivity contribution in [2.24, 2.45) is 0 Å². The molecule has 196 valence electrons. The number of nitrogens with two attached hydrogens (primary N) is 1. The van der Waals surface area contributed by atoms with E-state index >= 15 is 0 Å². The van der Waals surface area contributed by atoms with Crippen molar-refractivity contribution in [1.82, 2.24) is 29.5 Å². The van der Waals surface area contributed by atoms with Crippen LogP contribution in [0.5, 0.6) is 5.75 Å². The third kappa shape index (κ3) is 6.31. The maximum absolute atomic E-state index is 6.17. The van der Waals surface area contributed by atoms with Gasteiger partial charge in [-0.1, -0.05) is 5.24 Å². The summed E-state index contributed by atoms with van der Waals surface area (Å²) in [5.41, 5.74) is 7.77. The highest BCUT2D eigenvalue weighted by Crippen LogP contribution is 2.24. The molecule has 4 aromatic rings. The average molecular weight is 523 g/mol. The summed E-state index contributed by atoms with van der Waals surface area (Å²) >= 11 is 0. The molecule has 0 bridgehead atoms. The van der Waals surface area contributed by atoms with Gasteiger partial charge in [-0.15, -0.1) is 5.10 Å². The monoisotopic (exact) mass is 523 g/mol. The van der Waals surface area contributed by atoms with Gasteiger partial charge in [0.05, 0.1) is 36.3 Å². The van der Waals surface area contributed by atoms with Crippen LogP contribution in [-0.4, -0.2) is 118 Å². The minimum atomic E-state index is -1.67. The molecule has 3 aromatic heterocycles. The smallest absolute Gasteiger partial charge is 0.266 e. The van der Waals surface area contributed by atoms with Gasteiger partial charge in [0.15, 0.2) is 5.65 Å². The molecule has 0 saturated carbocycles. The summed E-state index contributed by atoms with van der Waals surface area (Å²) in [6.45, 7) is 5.68. The van der Waals surface area contributed by atoms with Crippen LogP contribution in [0.4, 0.5) is 17.5 Å². The van der Waals surface area contributed by atoms with Crippen LogP contribution in [0.15, 0.2) is 47.2 Å². The lowest BCUT2D eigenvalue weighted by atomic mass is 9.48. The van der Waals surface area contributed by atoms with E-state index in [1.807, 2.05) is 12.1 Å². The summed E-state index contributed by atoms with van der Waals surface area (Å²) in [5, 5.41) is 2.65. The molecular formula is C24H28B3N9O3. The van der Waals surface area contributed by atoms with Crippen molar-refractivity contribution in [2.75, 3.05) is 75.1 Å². The summed E-state index contributed by atoms with van der Waals surface area (Å²) in [7, 11) is 20.1. The quantitative estimate of drug-likeness (QED) is 0.213. The van der Waals surface area contributed by atoms with Crippen molar-refractivity contribution in [1.29, 1.82) is 0 Å². The lowest BCUT2D eigenvalue weighted by Gasteiger charge is -2.41. The molecular weight excluding hydrogens is 495 g/mol. The van der Waals surface area contributed by atoms with E-state index in [-0.39, 0.29) is 17.7 Å². The molecule has 0 amide bonds. The van der Waals surface area contributed by atoms with Crippen molar-refractivity contribution in [3.8, 4) is 17.5 Å². The van der Waals surface area contributed by atoms with Crippen molar-refractivity contribution >= 4 is 46.6 Å². The summed E-state index contributed by atoms with van der Waals surface area (Å²) < 4.78 is 17.4. The first kappa shape index (κ1) is 26.9. The first-order chi connectivity index (χ1) is 18.8. The van der Waals surface area contributed by atoms with Crippen LogP contribution < -0.4 is 20.3 Å². The summed E-state index contributed by atoms with van der Waals surface area (Å²) in [6, 6.07) is 9.80. The second kappa shape index (κ2) is 11.6. The molecule has 0 aliphatic carbocycles. The number of hydrogen-bond acceptors (Lipinski definition) is 11. The van der Waals surface area contributed by atoms with Crippen LogP contribution in [0.25, 0.3) is 17.4 Å². The van der Waals surface area contributed by atoms with Gasteiger partial charge in [-0.3, -0.25) is 4.90 Å². The van der Waals surface area contributed by atoms with E-state index in [4.69, 9.17) is 43.2 Å². The molecule has 0 unspecified atom stereocenters. The van der Waals surface area contributed by atoms with Gasteiger partial charge in [-0.25, -0.2) is 9.97 Å². The van der Waals surface area contributed by atoms with E-state index in [2.05, 4.69) is 42.0 Å². The maximum Gasteiger partial charge on any atom is 0.266 e. The first-order valence-corrected chi connectivity index (χ1v) is 12.6. The Hall–Kier alpha value is -3.71. The fraction of sp³-hybridized carbons (Fsp3) is 0.417. The second-order valence-corrected chi connectivity index (χ2v) is 9.22. The van der Waals surface area contributed by atoms with E-state index in [9.17, 15) is 0 Å². The zero-order valence-electron chi connectivity index (χ0n) is 21.8. The largest absolute Gasteiger partial charge is 0.491 e. The highest BCUT2D eigenvalue weighted by Gasteiger charge is 2.25. The average Bonchev–Trinajstić information content (AvgIpc) is 3.60. The molecule has 1 aliphatic rings. The highest BCUT2D eigenvalue weighted by molar-refractivity contribution is 6.60. The first-order valence-electron chi connectivity index (χ1n) is 12.6. The molecule has 5 rings (SSSR count). The molecule has 12 nitrogen and oxygen atoms in total. The van der Waals surface area contributed by atoms with Crippen LogP contribution in [0.2, 0.25) is 0 Å². The molecule has 39 heavy (non-hydrogen) atoms. The molecule has 1 aliphatic heterocycles. The Morgan fingerprint density at radius 3 is 2.51 bits per heavy atom. The lowest BCUT2D eigenvalue weighted by Crippen LogP contribution is -2.55. The van der Waals surface area contributed by atoms with E-state index in [1.54, 1.807) is 18.1 Å². The number of nitrogens with zero attached hydrogens (tertiary/aromatic N) is 8. The van der Waals surface area contributed by atoms with E-state index in [0.29, 0.717) is 37.8 Å². The van der Waals surface area contributed by atoms with Gasteiger partial charge in [0.2, 0.25) is 11.8 Å². The summed E-state index contributed by atoms with van der Waals surface area (Å²) in [5.74, 6) is 1.88. The normalized spacial score (nSPS) is 14.6. The fourth-order valence-electron chi connectivity index (χ4n) is 4.44. The predicted molar refractivity (Wildman–Crippen MR) is 150 cm³/mol. The number of aromatic nitrogens is 5. The Kier molecular flexibility index (Phi) is 7.98. The number of nitrogen functional groups attached to an aromatic ring is 1. The molecule has 0 spiro atoms. The van der Waals surface area contributed by atoms with Crippen LogP contribution in [0, 0.1) is 0 Å². The minimum absolute atomic E-state index is 0.103. The highest BCUT2D eigenvalue weighted by atomic mass is 16.5. The zero-order valence-corrected chi connectivity index (χ0v) is 21.8. The van der Waals surface area contributed by atoms with Crippen molar-refractivity contribution < 1.29 is 13.9 Å². The second-order valence-electron chi connectivity index (χ2n) is 9.22. The number of oxazole rings is 1. The van der Waals surface area contributed by atoms with Gasteiger partial charge in [0, 0.05) is 58.1 Å². The third-order valence-corrected chi connectivity index (χ3v) is 6.47. The number of methoxy groups -OCH3 is 1. The Morgan fingerprint density at radius 2 is 1.85 bits per heavy atom. The lowest BCUT2D eigenvalue weighted by molar-refractivity contribution is 0.146. The number of ether oxygens (including phenoxy) is 2. The number of benzene rings is 1.